The number of nitrogens with two attached hydrogens (primary N) is 2. The molecule has 0 radical (unpaired) electrons. The molecule has 0 bridgehead atoms. The average Bonchev–Trinajstić information content (AvgIpc) is 3.51. The number of hydrogen-bond donors (Lipinski definition) is 2. The maximum Gasteiger partial charge on any atom is 0.117 e. The van der Waals surface area contributed by atoms with Crippen molar-refractivity contribution in [3.8, 4) is 0 Å². The van der Waals surface area contributed by atoms with Gasteiger partial charge in [-0.25, -0.2) is 0 Å². The molecule has 3 aliphatic heterocycles. The Balaban J connectivity index is 1.60. The summed E-state index contributed by atoms with van der Waals surface area (Å²) in [5.41, 5.74) is 18.2. The molecule has 5 nitrogen and oxygen atoms in total. The highest BCUT2D eigenvalue weighted by molar-refractivity contribution is 5.49. The van der Waals surface area contributed by atoms with Crippen LogP contribution in [0.3, 0.4) is 0 Å². The van der Waals surface area contributed by atoms with Crippen LogP contribution in [-0.2, 0) is 39.1 Å². The molecule has 27 heavy (non-hydrogen) atoms. The Kier molecular flexibility index (Phi) is 4.30. The number of epoxide rings is 3. The normalized spacial score (nSPS) is 26.1. The van der Waals surface area contributed by atoms with Gasteiger partial charge in [0.25, 0.3) is 0 Å². The molecule has 0 aromatic heterocycles. The second-order valence-electron chi connectivity index (χ2n) is 7.94. The quantitative estimate of drug-likeness (QED) is 0.547. The lowest BCUT2D eigenvalue weighted by atomic mass is 9.82. The number of ether oxygens (including phenoxy) is 3. The van der Waals surface area contributed by atoms with E-state index in [1.807, 2.05) is 30.3 Å². The van der Waals surface area contributed by atoms with Crippen molar-refractivity contribution in [1.29, 1.82) is 0 Å². The smallest absolute Gasteiger partial charge is 0.117 e. The largest absolute Gasteiger partial charge is 0.373 e. The van der Waals surface area contributed by atoms with Crippen molar-refractivity contribution in [3.05, 3.63) is 70.3 Å². The van der Waals surface area contributed by atoms with Crippen LogP contribution in [0, 0.1) is 0 Å². The van der Waals surface area contributed by atoms with E-state index in [1.165, 1.54) is 16.7 Å². The van der Waals surface area contributed by atoms with Crippen molar-refractivity contribution < 1.29 is 14.2 Å². The monoisotopic (exact) mass is 366 g/mol. The van der Waals surface area contributed by atoms with E-state index in [9.17, 15) is 0 Å². The van der Waals surface area contributed by atoms with Crippen LogP contribution in [0.25, 0.3) is 0 Å². The molecule has 3 unspecified atom stereocenters. The van der Waals surface area contributed by atoms with Crippen LogP contribution < -0.4 is 11.5 Å². The van der Waals surface area contributed by atoms with Gasteiger partial charge in [0.2, 0.25) is 0 Å². The lowest BCUT2D eigenvalue weighted by molar-refractivity contribution is 0.396. The van der Waals surface area contributed by atoms with Crippen molar-refractivity contribution in [1.82, 2.24) is 0 Å². The topological polar surface area (TPSA) is 89.6 Å². The minimum atomic E-state index is -1.04. The first kappa shape index (κ1) is 17.3. The first-order valence-corrected chi connectivity index (χ1v) is 9.73. The van der Waals surface area contributed by atoms with Crippen LogP contribution in [0.4, 0.5) is 0 Å². The van der Waals surface area contributed by atoms with Gasteiger partial charge in [0, 0.05) is 19.3 Å². The third-order valence-corrected chi connectivity index (χ3v) is 5.74. The molecule has 0 amide bonds. The van der Waals surface area contributed by atoms with Crippen LogP contribution in [0.15, 0.2) is 42.5 Å². The van der Waals surface area contributed by atoms with Gasteiger partial charge >= 0.3 is 0 Å². The summed E-state index contributed by atoms with van der Waals surface area (Å²) in [7, 11) is 0. The van der Waals surface area contributed by atoms with Crippen LogP contribution in [0.2, 0.25) is 0 Å². The third-order valence-electron chi connectivity index (χ3n) is 5.74. The van der Waals surface area contributed by atoms with Gasteiger partial charge in [0.1, 0.15) is 5.66 Å². The molecular weight excluding hydrogens is 340 g/mol. The number of hydrogen-bond acceptors (Lipinski definition) is 5. The molecule has 0 aliphatic carbocycles. The molecule has 0 saturated carbocycles. The van der Waals surface area contributed by atoms with E-state index < -0.39 is 5.66 Å². The summed E-state index contributed by atoms with van der Waals surface area (Å²) >= 11 is 0. The molecule has 0 spiro atoms. The van der Waals surface area contributed by atoms with Gasteiger partial charge in [-0.05, 0) is 27.8 Å². The van der Waals surface area contributed by atoms with Crippen molar-refractivity contribution in [2.24, 2.45) is 11.5 Å². The highest BCUT2D eigenvalue weighted by Crippen LogP contribution is 2.35. The SMILES string of the molecule is NC(N)(c1ccccc1)c1ccc(CC2CO2)c(CC2CO2)c1CC1CO1. The molecule has 5 heteroatoms. The van der Waals surface area contributed by atoms with Crippen LogP contribution in [0.1, 0.15) is 27.8 Å². The van der Waals surface area contributed by atoms with Gasteiger partial charge in [0.05, 0.1) is 38.1 Å². The molecular formula is C22H26N2O3. The Bertz CT molecular complexity index is 825. The summed E-state index contributed by atoms with van der Waals surface area (Å²) in [6.07, 6.45) is 3.60. The van der Waals surface area contributed by atoms with Crippen molar-refractivity contribution >= 4 is 0 Å². The summed E-state index contributed by atoms with van der Waals surface area (Å²) in [6, 6.07) is 14.2. The Morgan fingerprint density at radius 2 is 1.30 bits per heavy atom. The Labute approximate surface area is 159 Å². The maximum absolute atomic E-state index is 6.72. The fourth-order valence-corrected chi connectivity index (χ4v) is 3.94. The van der Waals surface area contributed by atoms with Crippen LogP contribution >= 0.6 is 0 Å². The van der Waals surface area contributed by atoms with Crippen molar-refractivity contribution in [3.63, 3.8) is 0 Å². The molecule has 3 aliphatic rings. The lowest BCUT2D eigenvalue weighted by Gasteiger charge is -2.30. The number of benzene rings is 2. The van der Waals surface area contributed by atoms with Crippen LogP contribution in [0.5, 0.6) is 0 Å². The van der Waals surface area contributed by atoms with Gasteiger partial charge < -0.3 is 25.7 Å². The molecule has 5 rings (SSSR count). The zero-order valence-electron chi connectivity index (χ0n) is 15.4. The minimum Gasteiger partial charge on any atom is -0.373 e. The van der Waals surface area contributed by atoms with Crippen molar-refractivity contribution in [2.45, 2.75) is 43.2 Å². The summed E-state index contributed by atoms with van der Waals surface area (Å²) < 4.78 is 16.6. The minimum absolute atomic E-state index is 0.265. The van der Waals surface area contributed by atoms with Gasteiger partial charge in [-0.2, -0.15) is 0 Å². The maximum atomic E-state index is 6.72. The zero-order chi connectivity index (χ0) is 18.4. The van der Waals surface area contributed by atoms with Gasteiger partial charge in [-0.15, -0.1) is 0 Å². The van der Waals surface area contributed by atoms with E-state index in [-0.39, 0.29) is 6.10 Å². The summed E-state index contributed by atoms with van der Waals surface area (Å²) in [5, 5.41) is 0. The second-order valence-corrected chi connectivity index (χ2v) is 7.94. The summed E-state index contributed by atoms with van der Waals surface area (Å²) in [6.45, 7) is 2.49. The Hall–Kier alpha value is -1.76. The Morgan fingerprint density at radius 1 is 0.741 bits per heavy atom. The highest BCUT2D eigenvalue weighted by Gasteiger charge is 2.35. The summed E-state index contributed by atoms with van der Waals surface area (Å²) in [4.78, 5) is 0. The molecule has 2 aromatic rings. The van der Waals surface area contributed by atoms with Gasteiger partial charge in [-0.3, -0.25) is 0 Å². The first-order valence-electron chi connectivity index (χ1n) is 9.73. The standard InChI is InChI=1S/C22H26N2O3/c23-22(24,15-4-2-1-3-5-15)21-7-6-14(8-16-11-25-16)19(9-17-12-26-17)20(21)10-18-13-27-18/h1-7,16-18H,8-13,23-24H2. The lowest BCUT2D eigenvalue weighted by Crippen LogP contribution is -2.48. The first-order chi connectivity index (χ1) is 13.1. The molecule has 3 heterocycles. The fourth-order valence-electron chi connectivity index (χ4n) is 3.94. The van der Waals surface area contributed by atoms with Gasteiger partial charge in [0.15, 0.2) is 0 Å². The van der Waals surface area contributed by atoms with E-state index in [4.69, 9.17) is 25.7 Å². The predicted molar refractivity (Wildman–Crippen MR) is 102 cm³/mol. The van der Waals surface area contributed by atoms with E-state index in [1.54, 1.807) is 0 Å². The molecule has 4 N–H and O–H groups in total. The molecule has 3 fully saturated rings. The van der Waals surface area contributed by atoms with E-state index >= 15 is 0 Å². The molecule has 3 atom stereocenters. The van der Waals surface area contributed by atoms with Crippen LogP contribution in [-0.4, -0.2) is 38.1 Å². The number of rotatable bonds is 8. The zero-order valence-corrected chi connectivity index (χ0v) is 15.4. The van der Waals surface area contributed by atoms with Crippen molar-refractivity contribution in [2.75, 3.05) is 19.8 Å². The third kappa shape index (κ3) is 3.79. The highest BCUT2D eigenvalue weighted by atomic mass is 16.6. The Morgan fingerprint density at radius 3 is 1.89 bits per heavy atom. The van der Waals surface area contributed by atoms with E-state index in [0.29, 0.717) is 12.2 Å². The molecule has 3 saturated heterocycles. The average molecular weight is 366 g/mol. The summed E-state index contributed by atoms with van der Waals surface area (Å²) in [5.74, 6) is 0. The van der Waals surface area contributed by atoms with Gasteiger partial charge in [-0.1, -0.05) is 42.5 Å². The predicted octanol–water partition coefficient (Wildman–Crippen LogP) is 1.63. The second kappa shape index (κ2) is 6.69. The fraction of sp³-hybridized carbons (Fsp3) is 0.455. The molecule has 2 aromatic carbocycles. The van der Waals surface area contributed by atoms with E-state index in [0.717, 1.165) is 50.2 Å². The van der Waals surface area contributed by atoms with E-state index in [2.05, 4.69) is 12.1 Å². The molecule has 142 valence electrons.